The molecule has 0 atom stereocenters. The van der Waals surface area contributed by atoms with Crippen molar-refractivity contribution in [3.63, 3.8) is 0 Å². The number of rotatable bonds is 6. The summed E-state index contributed by atoms with van der Waals surface area (Å²) in [6.45, 7) is 8.39. The van der Waals surface area contributed by atoms with Gasteiger partial charge < -0.3 is 4.90 Å². The summed E-state index contributed by atoms with van der Waals surface area (Å²) in [5.74, 6) is 0.795. The van der Waals surface area contributed by atoms with Crippen molar-refractivity contribution in [2.45, 2.75) is 37.5 Å². The summed E-state index contributed by atoms with van der Waals surface area (Å²) >= 11 is 0. The Labute approximate surface area is 213 Å². The molecule has 3 aromatic carbocycles. The number of hydrogen-bond acceptors (Lipinski definition) is 5. The first-order valence-corrected chi connectivity index (χ1v) is 13.9. The quantitative estimate of drug-likeness (QED) is 0.350. The van der Waals surface area contributed by atoms with Gasteiger partial charge in [-0.15, -0.1) is 0 Å². The highest BCUT2D eigenvalue weighted by atomic mass is 32.2. The molecule has 1 aliphatic rings. The van der Waals surface area contributed by atoms with Gasteiger partial charge in [0.2, 0.25) is 10.0 Å². The molecule has 0 spiro atoms. The summed E-state index contributed by atoms with van der Waals surface area (Å²) in [4.78, 5) is 12.4. The zero-order valence-corrected chi connectivity index (χ0v) is 21.9. The normalized spacial score (nSPS) is 15.4. The van der Waals surface area contributed by atoms with Gasteiger partial charge in [0, 0.05) is 31.7 Å². The van der Waals surface area contributed by atoms with Gasteiger partial charge >= 0.3 is 0 Å². The fourth-order valence-corrected chi connectivity index (χ4v) is 5.99. The van der Waals surface area contributed by atoms with E-state index in [4.69, 9.17) is 9.97 Å². The second-order valence-corrected chi connectivity index (χ2v) is 11.8. The summed E-state index contributed by atoms with van der Waals surface area (Å²) in [7, 11) is -3.56. The molecule has 0 amide bonds. The van der Waals surface area contributed by atoms with Crippen molar-refractivity contribution in [2.75, 3.05) is 31.1 Å². The van der Waals surface area contributed by atoms with Gasteiger partial charge in [0.15, 0.2) is 5.82 Å². The Balaban J connectivity index is 1.40. The van der Waals surface area contributed by atoms with Crippen molar-refractivity contribution < 1.29 is 8.42 Å². The number of para-hydroxylation sites is 2. The average molecular weight is 501 g/mol. The molecule has 5 rings (SSSR count). The molecule has 7 heteroatoms. The molecule has 0 bridgehead atoms. The van der Waals surface area contributed by atoms with Crippen LogP contribution >= 0.6 is 0 Å². The van der Waals surface area contributed by atoms with E-state index in [0.29, 0.717) is 31.1 Å². The summed E-state index contributed by atoms with van der Waals surface area (Å²) in [6.07, 6.45) is 0.990. The van der Waals surface area contributed by atoms with Crippen molar-refractivity contribution in [3.05, 3.63) is 84.4 Å². The van der Waals surface area contributed by atoms with Crippen LogP contribution in [0.1, 0.15) is 32.8 Å². The average Bonchev–Trinajstić information content (AvgIpc) is 2.93. The SMILES string of the molecule is CCC(C)(C)c1ccc(S(=O)(=O)N2CCN(c3nc4ccccc4nc3-c3ccccc3)CC2)cc1. The molecular formula is C29H32N4O2S. The van der Waals surface area contributed by atoms with Crippen molar-refractivity contribution in [3.8, 4) is 11.3 Å². The van der Waals surface area contributed by atoms with Crippen LogP contribution in [0.25, 0.3) is 22.3 Å². The van der Waals surface area contributed by atoms with E-state index >= 15 is 0 Å². The van der Waals surface area contributed by atoms with Crippen molar-refractivity contribution in [1.29, 1.82) is 0 Å². The van der Waals surface area contributed by atoms with Gasteiger partial charge in [-0.2, -0.15) is 4.31 Å². The van der Waals surface area contributed by atoms with Gasteiger partial charge in [0.1, 0.15) is 5.69 Å². The molecule has 0 saturated carbocycles. The molecule has 0 aliphatic carbocycles. The van der Waals surface area contributed by atoms with Crippen LogP contribution in [0.3, 0.4) is 0 Å². The Hall–Kier alpha value is -3.29. The molecule has 0 N–H and O–H groups in total. The lowest BCUT2D eigenvalue weighted by atomic mass is 9.82. The monoisotopic (exact) mass is 500 g/mol. The number of hydrogen-bond donors (Lipinski definition) is 0. The van der Waals surface area contributed by atoms with E-state index in [9.17, 15) is 8.42 Å². The molecule has 186 valence electrons. The predicted octanol–water partition coefficient (Wildman–Crippen LogP) is 5.50. The third-order valence-electron chi connectivity index (χ3n) is 7.29. The Morgan fingerprint density at radius 2 is 1.36 bits per heavy atom. The van der Waals surface area contributed by atoms with Crippen LogP contribution in [0.15, 0.2) is 83.8 Å². The largest absolute Gasteiger partial charge is 0.352 e. The Morgan fingerprint density at radius 3 is 1.97 bits per heavy atom. The predicted molar refractivity (Wildman–Crippen MR) is 146 cm³/mol. The molecular weight excluding hydrogens is 468 g/mol. The number of nitrogens with zero attached hydrogens (tertiary/aromatic N) is 4. The molecule has 6 nitrogen and oxygen atoms in total. The lowest BCUT2D eigenvalue weighted by molar-refractivity contribution is 0.384. The lowest BCUT2D eigenvalue weighted by Gasteiger charge is -2.35. The summed E-state index contributed by atoms with van der Waals surface area (Å²) < 4.78 is 28.4. The number of benzene rings is 3. The number of fused-ring (bicyclic) bond motifs is 1. The van der Waals surface area contributed by atoms with E-state index in [2.05, 4.69) is 25.7 Å². The van der Waals surface area contributed by atoms with Gasteiger partial charge in [0.25, 0.3) is 0 Å². The van der Waals surface area contributed by atoms with Crippen LogP contribution in [0.2, 0.25) is 0 Å². The third kappa shape index (κ3) is 4.61. The van der Waals surface area contributed by atoms with E-state index in [1.807, 2.05) is 66.7 Å². The highest BCUT2D eigenvalue weighted by molar-refractivity contribution is 7.89. The van der Waals surface area contributed by atoms with E-state index in [0.717, 1.165) is 40.1 Å². The molecule has 1 saturated heterocycles. The van der Waals surface area contributed by atoms with Gasteiger partial charge in [-0.05, 0) is 41.7 Å². The van der Waals surface area contributed by atoms with Crippen molar-refractivity contribution >= 4 is 26.9 Å². The first-order chi connectivity index (χ1) is 17.3. The zero-order valence-electron chi connectivity index (χ0n) is 21.1. The fraction of sp³-hybridized carbons (Fsp3) is 0.310. The Morgan fingerprint density at radius 1 is 0.778 bits per heavy atom. The van der Waals surface area contributed by atoms with Crippen LogP contribution in [0.4, 0.5) is 5.82 Å². The third-order valence-corrected chi connectivity index (χ3v) is 9.21. The minimum absolute atomic E-state index is 0.0191. The fourth-order valence-electron chi connectivity index (χ4n) is 4.57. The van der Waals surface area contributed by atoms with E-state index in [1.54, 1.807) is 16.4 Å². The Bertz CT molecular complexity index is 1460. The lowest BCUT2D eigenvalue weighted by Crippen LogP contribution is -2.49. The molecule has 0 unspecified atom stereocenters. The van der Waals surface area contributed by atoms with Crippen LogP contribution in [0, 0.1) is 0 Å². The number of aromatic nitrogens is 2. The highest BCUT2D eigenvalue weighted by Gasteiger charge is 2.30. The van der Waals surface area contributed by atoms with Gasteiger partial charge in [0.05, 0.1) is 15.9 Å². The first-order valence-electron chi connectivity index (χ1n) is 12.5. The van der Waals surface area contributed by atoms with Crippen molar-refractivity contribution in [1.82, 2.24) is 14.3 Å². The highest BCUT2D eigenvalue weighted by Crippen LogP contribution is 2.32. The van der Waals surface area contributed by atoms with Crippen LogP contribution in [-0.4, -0.2) is 48.9 Å². The minimum atomic E-state index is -3.56. The topological polar surface area (TPSA) is 66.4 Å². The number of piperazine rings is 1. The molecule has 4 aromatic rings. The zero-order chi connectivity index (χ0) is 25.3. The molecule has 2 heterocycles. The second-order valence-electron chi connectivity index (χ2n) is 9.90. The minimum Gasteiger partial charge on any atom is -0.352 e. The van der Waals surface area contributed by atoms with E-state index in [-0.39, 0.29) is 5.41 Å². The summed E-state index contributed by atoms with van der Waals surface area (Å²) in [5, 5.41) is 0. The van der Waals surface area contributed by atoms with Crippen LogP contribution < -0.4 is 4.90 Å². The molecule has 36 heavy (non-hydrogen) atoms. The summed E-state index contributed by atoms with van der Waals surface area (Å²) in [6, 6.07) is 25.3. The van der Waals surface area contributed by atoms with E-state index < -0.39 is 10.0 Å². The molecule has 1 aromatic heterocycles. The first kappa shape index (κ1) is 24.4. The van der Waals surface area contributed by atoms with Gasteiger partial charge in [-0.1, -0.05) is 75.4 Å². The number of anilines is 1. The standard InChI is InChI=1S/C29H32N4O2S/c1-4-29(2,3)23-14-16-24(17-15-23)36(34,35)33-20-18-32(19-21-33)28-27(22-10-6-5-7-11-22)30-25-12-8-9-13-26(25)31-28/h5-17H,4,18-21H2,1-3H3. The molecule has 1 aliphatic heterocycles. The van der Waals surface area contributed by atoms with Gasteiger partial charge in [-0.25, -0.2) is 18.4 Å². The maximum absolute atomic E-state index is 13.4. The van der Waals surface area contributed by atoms with Gasteiger partial charge in [-0.3, -0.25) is 0 Å². The maximum Gasteiger partial charge on any atom is 0.243 e. The van der Waals surface area contributed by atoms with Crippen molar-refractivity contribution in [2.24, 2.45) is 0 Å². The second kappa shape index (κ2) is 9.64. The smallest absolute Gasteiger partial charge is 0.243 e. The Kier molecular flexibility index (Phi) is 6.53. The summed E-state index contributed by atoms with van der Waals surface area (Å²) in [5.41, 5.74) is 4.66. The number of sulfonamides is 1. The molecule has 0 radical (unpaired) electrons. The van der Waals surface area contributed by atoms with Crippen LogP contribution in [-0.2, 0) is 15.4 Å². The molecule has 1 fully saturated rings. The van der Waals surface area contributed by atoms with Crippen LogP contribution in [0.5, 0.6) is 0 Å². The maximum atomic E-state index is 13.4. The van der Waals surface area contributed by atoms with E-state index in [1.165, 1.54) is 0 Å².